The molecule has 0 bridgehead atoms. The van der Waals surface area contributed by atoms with E-state index in [0.717, 1.165) is 57.4 Å². The third-order valence-electron chi connectivity index (χ3n) is 13.7. The molecule has 3 aromatic carbocycles. The van der Waals surface area contributed by atoms with Crippen LogP contribution in [0.3, 0.4) is 0 Å². The second-order valence-corrected chi connectivity index (χ2v) is 19.8. The van der Waals surface area contributed by atoms with Crippen LogP contribution in [0.4, 0.5) is 0 Å². The van der Waals surface area contributed by atoms with Crippen LogP contribution in [0.25, 0.3) is 0 Å². The van der Waals surface area contributed by atoms with Crippen LogP contribution in [0.1, 0.15) is 75.3 Å². The number of carbonyl (C=O) groups excluding carboxylic acids is 1. The van der Waals surface area contributed by atoms with E-state index in [2.05, 4.69) is 124 Å². The van der Waals surface area contributed by atoms with Crippen molar-refractivity contribution in [2.75, 3.05) is 58.1 Å². The van der Waals surface area contributed by atoms with Gasteiger partial charge in [0.1, 0.15) is 0 Å². The molecule has 11 heteroatoms. The zero-order valence-corrected chi connectivity index (χ0v) is 40.2. The van der Waals surface area contributed by atoms with E-state index in [1.54, 1.807) is 0 Å². The summed E-state index contributed by atoms with van der Waals surface area (Å²) in [6.07, 6.45) is 31.7. The molecule has 1 amide bonds. The third kappa shape index (κ3) is 18.0. The number of carbonyl (C=O) groups is 1. The molecule has 6 aromatic rings. The van der Waals surface area contributed by atoms with Crippen molar-refractivity contribution in [2.24, 2.45) is 17.8 Å². The monoisotopic (exact) mass is 910 g/mol. The summed E-state index contributed by atoms with van der Waals surface area (Å²) in [6.45, 7) is 12.6. The second kappa shape index (κ2) is 28.3. The molecule has 66 heavy (non-hydrogen) atoms. The number of amides is 1. The van der Waals surface area contributed by atoms with Crippen molar-refractivity contribution in [1.82, 2.24) is 43.4 Å². The Balaban J connectivity index is 0.000000147. The molecule has 0 saturated carbocycles. The molecule has 3 aliphatic rings. The molecule has 3 aromatic heterocycles. The minimum atomic E-state index is 0.291. The van der Waals surface area contributed by atoms with Gasteiger partial charge < -0.3 is 28.4 Å². The number of piperidine rings is 3. The van der Waals surface area contributed by atoms with E-state index in [0.29, 0.717) is 18.2 Å². The highest BCUT2D eigenvalue weighted by molar-refractivity contribution is 7.99. The number of hydrogen-bond donors (Lipinski definition) is 0. The Labute approximate surface area is 399 Å². The maximum Gasteiger partial charge on any atom is 0.222 e. The van der Waals surface area contributed by atoms with Crippen molar-refractivity contribution >= 4 is 17.7 Å². The largest absolute Gasteiger partial charge is 0.342 e. The molecular formula is C55H75N9OS. The maximum atomic E-state index is 12.4. The van der Waals surface area contributed by atoms with Crippen molar-refractivity contribution in [1.29, 1.82) is 0 Å². The quantitative estimate of drug-likeness (QED) is 0.0749. The predicted molar refractivity (Wildman–Crippen MR) is 270 cm³/mol. The molecule has 0 N–H and O–H groups in total. The van der Waals surface area contributed by atoms with Gasteiger partial charge in [-0.2, -0.15) is 0 Å². The van der Waals surface area contributed by atoms with E-state index in [1.165, 1.54) is 119 Å². The summed E-state index contributed by atoms with van der Waals surface area (Å²) < 4.78 is 6.51. The maximum absolute atomic E-state index is 12.4. The standard InChI is InChI=1S/C19H27N3.C18H23N3O.C18H25N3S/c1-2-5-18(6-3-1)7-4-12-21-13-8-19(9-14-21)10-15-22-16-11-20-17-22;22-18(9-8-16-5-2-1-3-6-16)21-11-4-7-17(14-21)13-20-12-10-19-15-20;1-2-4-18(5-3-1)22-15-14-20-10-6-17(7-11-20)8-12-21-13-9-19-16-21/h1-3,5-6,11,16-17,19H,4,7-10,12-15H2;1-3,5-6,10,12,15,17H,4,7-9,11,13-14H2;1-5,9,13,16-17H,6-8,10-12,14-15H2. The molecule has 3 fully saturated rings. The topological polar surface area (TPSA) is 80.3 Å². The lowest BCUT2D eigenvalue weighted by molar-refractivity contribution is -0.133. The lowest BCUT2D eigenvalue weighted by Crippen LogP contribution is -2.41. The molecule has 10 nitrogen and oxygen atoms in total. The molecule has 1 atom stereocenters. The summed E-state index contributed by atoms with van der Waals surface area (Å²) in [7, 11) is 0. The first-order valence-electron chi connectivity index (χ1n) is 25.0. The SMILES string of the molecule is O=C(CCc1ccccc1)N1CCCC(Cn2ccnc2)C1.c1ccc(CCCN2CCC(CCn3ccnc3)CC2)cc1.c1ccc(SCCN2CCC(CCn3ccnc3)CC2)cc1. The van der Waals surface area contributed by atoms with Gasteiger partial charge in [0.05, 0.1) is 19.0 Å². The Bertz CT molecular complexity index is 2000. The van der Waals surface area contributed by atoms with E-state index in [1.807, 2.05) is 78.6 Å². The zero-order valence-electron chi connectivity index (χ0n) is 39.4. The molecule has 0 aliphatic carbocycles. The van der Waals surface area contributed by atoms with Crippen LogP contribution in [0.5, 0.6) is 0 Å². The molecule has 0 radical (unpaired) electrons. The van der Waals surface area contributed by atoms with Gasteiger partial charge in [-0.25, -0.2) is 15.0 Å². The van der Waals surface area contributed by atoms with Crippen molar-refractivity contribution in [3.05, 3.63) is 158 Å². The van der Waals surface area contributed by atoms with Gasteiger partial charge in [0, 0.05) is 93.5 Å². The number of aromatic nitrogens is 6. The smallest absolute Gasteiger partial charge is 0.222 e. The summed E-state index contributed by atoms with van der Waals surface area (Å²) in [5.74, 6) is 3.82. The van der Waals surface area contributed by atoms with Crippen LogP contribution in [0, 0.1) is 17.8 Å². The van der Waals surface area contributed by atoms with Crippen molar-refractivity contribution in [3.8, 4) is 0 Å². The number of benzene rings is 3. The van der Waals surface area contributed by atoms with Gasteiger partial charge in [-0.15, -0.1) is 11.8 Å². The van der Waals surface area contributed by atoms with Crippen LogP contribution >= 0.6 is 11.8 Å². The molecule has 1 unspecified atom stereocenters. The number of imidazole rings is 3. The first kappa shape index (κ1) is 48.9. The number of aryl methyl sites for hydroxylation is 4. The van der Waals surface area contributed by atoms with E-state index in [-0.39, 0.29) is 0 Å². The Kier molecular flexibility index (Phi) is 21.0. The van der Waals surface area contributed by atoms with Gasteiger partial charge in [0.15, 0.2) is 0 Å². The first-order chi connectivity index (χ1) is 32.6. The minimum absolute atomic E-state index is 0.291. The number of hydrogen-bond acceptors (Lipinski definition) is 7. The van der Waals surface area contributed by atoms with Crippen LogP contribution in [-0.2, 0) is 37.3 Å². The fourth-order valence-electron chi connectivity index (χ4n) is 9.65. The van der Waals surface area contributed by atoms with Gasteiger partial charge in [-0.3, -0.25) is 4.79 Å². The van der Waals surface area contributed by atoms with Crippen LogP contribution in [0.2, 0.25) is 0 Å². The summed E-state index contributed by atoms with van der Waals surface area (Å²) >= 11 is 1.97. The molecule has 3 aliphatic heterocycles. The highest BCUT2D eigenvalue weighted by atomic mass is 32.2. The Morgan fingerprint density at radius 1 is 0.545 bits per heavy atom. The molecule has 0 spiro atoms. The Morgan fingerprint density at radius 2 is 1.06 bits per heavy atom. The summed E-state index contributed by atoms with van der Waals surface area (Å²) in [4.78, 5) is 33.4. The van der Waals surface area contributed by atoms with Crippen LogP contribution < -0.4 is 0 Å². The lowest BCUT2D eigenvalue weighted by Gasteiger charge is -2.33. The molecular weight excluding hydrogens is 835 g/mol. The Morgan fingerprint density at radius 3 is 1.61 bits per heavy atom. The first-order valence-corrected chi connectivity index (χ1v) is 25.9. The predicted octanol–water partition coefficient (Wildman–Crippen LogP) is 10.1. The van der Waals surface area contributed by atoms with Crippen LogP contribution in [0.15, 0.2) is 152 Å². The fourth-order valence-corrected chi connectivity index (χ4v) is 10.6. The highest BCUT2D eigenvalue weighted by Crippen LogP contribution is 2.24. The van der Waals surface area contributed by atoms with E-state index in [9.17, 15) is 4.79 Å². The number of likely N-dealkylation sites (tertiary alicyclic amines) is 3. The normalized spacial score (nSPS) is 17.4. The molecule has 9 rings (SSSR count). The summed E-state index contributed by atoms with van der Waals surface area (Å²) in [5.41, 5.74) is 2.71. The van der Waals surface area contributed by atoms with E-state index >= 15 is 0 Å². The van der Waals surface area contributed by atoms with Crippen molar-refractivity contribution in [2.45, 2.75) is 102 Å². The van der Waals surface area contributed by atoms with Gasteiger partial charge in [-0.1, -0.05) is 78.9 Å². The van der Waals surface area contributed by atoms with Crippen molar-refractivity contribution < 1.29 is 4.79 Å². The van der Waals surface area contributed by atoms with Gasteiger partial charge in [-0.05, 0) is 144 Å². The summed E-state index contributed by atoms with van der Waals surface area (Å²) in [6, 6.07) is 31.8. The van der Waals surface area contributed by atoms with Gasteiger partial charge >= 0.3 is 0 Å². The van der Waals surface area contributed by atoms with Gasteiger partial charge in [0.25, 0.3) is 0 Å². The average Bonchev–Trinajstić information content (AvgIpc) is 4.21. The molecule has 352 valence electrons. The molecule has 3 saturated heterocycles. The van der Waals surface area contributed by atoms with Crippen LogP contribution in [-0.4, -0.2) is 107 Å². The van der Waals surface area contributed by atoms with Gasteiger partial charge in [0.2, 0.25) is 5.91 Å². The highest BCUT2D eigenvalue weighted by Gasteiger charge is 2.24. The van der Waals surface area contributed by atoms with Crippen molar-refractivity contribution in [3.63, 3.8) is 0 Å². The van der Waals surface area contributed by atoms with E-state index in [4.69, 9.17) is 0 Å². The second-order valence-electron chi connectivity index (χ2n) is 18.6. The fraction of sp³-hybridized carbons (Fsp3) is 0.491. The number of nitrogens with zero attached hydrogens (tertiary/aromatic N) is 9. The minimum Gasteiger partial charge on any atom is -0.342 e. The Hall–Kier alpha value is -4.97. The zero-order chi connectivity index (χ0) is 45.3. The molecule has 6 heterocycles. The summed E-state index contributed by atoms with van der Waals surface area (Å²) in [5, 5.41) is 0. The number of rotatable bonds is 19. The lowest BCUT2D eigenvalue weighted by atomic mass is 9.93. The van der Waals surface area contributed by atoms with E-state index < -0.39 is 0 Å². The average molecular weight is 910 g/mol. The number of thioether (sulfide) groups is 1. The third-order valence-corrected chi connectivity index (χ3v) is 14.7.